The highest BCUT2D eigenvalue weighted by Gasteiger charge is 2.16. The molecule has 0 aromatic rings. The lowest BCUT2D eigenvalue weighted by molar-refractivity contribution is 0.0374. The van der Waals surface area contributed by atoms with Gasteiger partial charge in [0.25, 0.3) is 0 Å². The van der Waals surface area contributed by atoms with Crippen LogP contribution in [0.25, 0.3) is 0 Å². The van der Waals surface area contributed by atoms with Crippen LogP contribution in [0.3, 0.4) is 0 Å². The summed E-state index contributed by atoms with van der Waals surface area (Å²) in [5.41, 5.74) is 0. The third-order valence-corrected chi connectivity index (χ3v) is 4.05. The van der Waals surface area contributed by atoms with Gasteiger partial charge in [0.2, 0.25) is 0 Å². The lowest BCUT2D eigenvalue weighted by atomic mass is 10.1. The van der Waals surface area contributed by atoms with Gasteiger partial charge >= 0.3 is 0 Å². The zero-order valence-corrected chi connectivity index (χ0v) is 11.8. The van der Waals surface area contributed by atoms with Gasteiger partial charge in [-0.1, -0.05) is 0 Å². The van der Waals surface area contributed by atoms with E-state index in [4.69, 9.17) is 4.74 Å². The van der Waals surface area contributed by atoms with Crippen molar-refractivity contribution in [3.05, 3.63) is 0 Å². The summed E-state index contributed by atoms with van der Waals surface area (Å²) in [5, 5.41) is 7.22. The Kier molecular flexibility index (Phi) is 6.41. The number of hydrogen-bond acceptors (Lipinski definition) is 4. The highest BCUT2D eigenvalue weighted by Crippen LogP contribution is 2.10. The van der Waals surface area contributed by atoms with Crippen molar-refractivity contribution in [2.45, 2.75) is 44.7 Å². The van der Waals surface area contributed by atoms with Crippen LogP contribution >= 0.6 is 0 Å². The Hall–Kier alpha value is -0.160. The maximum absolute atomic E-state index is 5.35. The number of nitrogens with one attached hydrogen (secondary N) is 2. The van der Waals surface area contributed by atoms with E-state index in [0.29, 0.717) is 6.04 Å². The predicted molar refractivity (Wildman–Crippen MR) is 75.0 cm³/mol. The molecule has 2 fully saturated rings. The fourth-order valence-electron chi connectivity index (χ4n) is 2.94. The highest BCUT2D eigenvalue weighted by molar-refractivity contribution is 4.78. The van der Waals surface area contributed by atoms with Gasteiger partial charge in [-0.15, -0.1) is 0 Å². The van der Waals surface area contributed by atoms with E-state index in [0.717, 1.165) is 38.9 Å². The van der Waals surface area contributed by atoms with Gasteiger partial charge in [0, 0.05) is 25.2 Å². The van der Waals surface area contributed by atoms with Crippen molar-refractivity contribution in [2.75, 3.05) is 45.9 Å². The second kappa shape index (κ2) is 8.10. The third kappa shape index (κ3) is 5.22. The van der Waals surface area contributed by atoms with Crippen molar-refractivity contribution in [3.63, 3.8) is 0 Å². The number of ether oxygens (including phenoxy) is 1. The van der Waals surface area contributed by atoms with E-state index in [9.17, 15) is 0 Å². The monoisotopic (exact) mass is 255 g/mol. The molecular formula is C14H29N3O. The molecule has 2 atom stereocenters. The zero-order chi connectivity index (χ0) is 12.6. The first kappa shape index (κ1) is 14.3. The van der Waals surface area contributed by atoms with Crippen LogP contribution < -0.4 is 10.6 Å². The Morgan fingerprint density at radius 2 is 2.22 bits per heavy atom. The predicted octanol–water partition coefficient (Wildman–Crippen LogP) is 0.829. The molecule has 2 heterocycles. The Labute approximate surface area is 111 Å². The van der Waals surface area contributed by atoms with Crippen LogP contribution in [0.15, 0.2) is 0 Å². The van der Waals surface area contributed by atoms with Crippen LogP contribution in [0.4, 0.5) is 0 Å². The molecule has 2 unspecified atom stereocenters. The zero-order valence-electron chi connectivity index (χ0n) is 11.8. The van der Waals surface area contributed by atoms with Crippen LogP contribution in [0, 0.1) is 0 Å². The first-order valence-corrected chi connectivity index (χ1v) is 7.61. The van der Waals surface area contributed by atoms with Crippen LogP contribution in [0.2, 0.25) is 0 Å². The molecule has 0 saturated carbocycles. The van der Waals surface area contributed by atoms with Crippen LogP contribution in [-0.4, -0.2) is 62.9 Å². The molecule has 2 saturated heterocycles. The van der Waals surface area contributed by atoms with Crippen molar-refractivity contribution < 1.29 is 4.74 Å². The first-order chi connectivity index (χ1) is 8.84. The van der Waals surface area contributed by atoms with Crippen molar-refractivity contribution in [2.24, 2.45) is 0 Å². The lowest BCUT2D eigenvalue weighted by Crippen LogP contribution is -2.39. The molecular weight excluding hydrogens is 226 g/mol. The average Bonchev–Trinajstić information content (AvgIpc) is 2.89. The van der Waals surface area contributed by atoms with Gasteiger partial charge in [0.15, 0.2) is 0 Å². The summed E-state index contributed by atoms with van der Waals surface area (Å²) < 4.78 is 5.35. The molecule has 0 aromatic heterocycles. The van der Waals surface area contributed by atoms with E-state index < -0.39 is 0 Å². The van der Waals surface area contributed by atoms with Crippen LogP contribution in [0.5, 0.6) is 0 Å². The summed E-state index contributed by atoms with van der Waals surface area (Å²) in [7, 11) is 0. The topological polar surface area (TPSA) is 36.5 Å². The van der Waals surface area contributed by atoms with Crippen LogP contribution in [0.1, 0.15) is 32.6 Å². The average molecular weight is 255 g/mol. The molecule has 0 aliphatic carbocycles. The number of morpholine rings is 1. The van der Waals surface area contributed by atoms with Gasteiger partial charge in [0.05, 0.1) is 13.2 Å². The number of hydrogen-bond donors (Lipinski definition) is 2. The molecule has 2 aliphatic rings. The second-order valence-corrected chi connectivity index (χ2v) is 5.69. The van der Waals surface area contributed by atoms with Crippen molar-refractivity contribution in [1.29, 1.82) is 0 Å². The van der Waals surface area contributed by atoms with E-state index in [1.807, 2.05) is 0 Å². The van der Waals surface area contributed by atoms with Gasteiger partial charge in [-0.3, -0.25) is 4.90 Å². The Balaban J connectivity index is 1.46. The molecule has 0 amide bonds. The molecule has 2 N–H and O–H groups in total. The fourth-order valence-corrected chi connectivity index (χ4v) is 2.94. The molecule has 4 heteroatoms. The summed E-state index contributed by atoms with van der Waals surface area (Å²) in [5.74, 6) is 0. The van der Waals surface area contributed by atoms with Gasteiger partial charge in [-0.2, -0.15) is 0 Å². The standard InChI is InChI=1S/C14H29N3O/c1-13(12-14-4-2-5-16-14)15-6-3-7-17-8-10-18-11-9-17/h13-16H,2-12H2,1H3. The molecule has 0 aromatic carbocycles. The maximum Gasteiger partial charge on any atom is 0.0594 e. The summed E-state index contributed by atoms with van der Waals surface area (Å²) in [6.45, 7) is 9.94. The highest BCUT2D eigenvalue weighted by atomic mass is 16.5. The molecule has 4 nitrogen and oxygen atoms in total. The maximum atomic E-state index is 5.35. The summed E-state index contributed by atoms with van der Waals surface area (Å²) in [4.78, 5) is 2.51. The Morgan fingerprint density at radius 1 is 1.39 bits per heavy atom. The van der Waals surface area contributed by atoms with Gasteiger partial charge < -0.3 is 15.4 Å². The van der Waals surface area contributed by atoms with Gasteiger partial charge in [-0.25, -0.2) is 0 Å². The minimum Gasteiger partial charge on any atom is -0.379 e. The molecule has 18 heavy (non-hydrogen) atoms. The summed E-state index contributed by atoms with van der Waals surface area (Å²) >= 11 is 0. The second-order valence-electron chi connectivity index (χ2n) is 5.69. The largest absolute Gasteiger partial charge is 0.379 e. The molecule has 2 aliphatic heterocycles. The Morgan fingerprint density at radius 3 is 2.94 bits per heavy atom. The minimum atomic E-state index is 0.644. The van der Waals surface area contributed by atoms with E-state index in [2.05, 4.69) is 22.5 Å². The molecule has 2 rings (SSSR count). The van der Waals surface area contributed by atoms with Gasteiger partial charge in [0.1, 0.15) is 0 Å². The van der Waals surface area contributed by atoms with Crippen LogP contribution in [-0.2, 0) is 4.74 Å². The lowest BCUT2D eigenvalue weighted by Gasteiger charge is -2.26. The van der Waals surface area contributed by atoms with E-state index in [-0.39, 0.29) is 0 Å². The normalized spacial score (nSPS) is 27.5. The summed E-state index contributed by atoms with van der Waals surface area (Å²) in [6.07, 6.45) is 5.24. The SMILES string of the molecule is CC(CC1CCCN1)NCCCN1CCOCC1. The van der Waals surface area contributed by atoms with E-state index in [1.54, 1.807) is 0 Å². The minimum absolute atomic E-state index is 0.644. The third-order valence-electron chi connectivity index (χ3n) is 4.05. The molecule has 0 spiro atoms. The van der Waals surface area contributed by atoms with Crippen molar-refractivity contribution in [1.82, 2.24) is 15.5 Å². The molecule has 0 radical (unpaired) electrons. The van der Waals surface area contributed by atoms with E-state index >= 15 is 0 Å². The van der Waals surface area contributed by atoms with E-state index in [1.165, 1.54) is 38.8 Å². The molecule has 106 valence electrons. The fraction of sp³-hybridized carbons (Fsp3) is 1.00. The first-order valence-electron chi connectivity index (χ1n) is 7.61. The number of rotatable bonds is 7. The Bertz CT molecular complexity index is 213. The summed E-state index contributed by atoms with van der Waals surface area (Å²) in [6, 6.07) is 1.40. The van der Waals surface area contributed by atoms with Gasteiger partial charge in [-0.05, 0) is 52.2 Å². The number of nitrogens with zero attached hydrogens (tertiary/aromatic N) is 1. The molecule has 0 bridgehead atoms. The van der Waals surface area contributed by atoms with Crippen molar-refractivity contribution in [3.8, 4) is 0 Å². The van der Waals surface area contributed by atoms with Crippen molar-refractivity contribution >= 4 is 0 Å². The smallest absolute Gasteiger partial charge is 0.0594 e. The quantitative estimate of drug-likeness (QED) is 0.661.